The second-order valence-electron chi connectivity index (χ2n) is 8.71. The molecule has 1 heterocycles. The number of benzene rings is 1. The maximum absolute atomic E-state index is 13.7. The maximum atomic E-state index is 13.7. The number of aliphatic carboxylic acids is 1. The average molecular weight is 497 g/mol. The van der Waals surface area contributed by atoms with Crippen molar-refractivity contribution in [1.82, 2.24) is 15.5 Å². The highest BCUT2D eigenvalue weighted by atomic mass is 32.2. The molecule has 33 heavy (non-hydrogen) atoms. The van der Waals surface area contributed by atoms with E-state index in [1.165, 1.54) is 11.8 Å². The summed E-state index contributed by atoms with van der Waals surface area (Å²) in [6.07, 6.45) is 2.54. The van der Waals surface area contributed by atoms with Crippen LogP contribution in [0.25, 0.3) is 0 Å². The lowest BCUT2D eigenvalue weighted by Gasteiger charge is -2.39. The summed E-state index contributed by atoms with van der Waals surface area (Å²) in [5.74, 6) is -0.644. The van der Waals surface area contributed by atoms with Crippen molar-refractivity contribution in [1.29, 1.82) is 0 Å². The largest absolute Gasteiger partial charge is 0.480 e. The SMILES string of the molecule is CSCCC(NC(=O)C1Cc2ccccc2CN1C(=O)[C@@H](NCC(N)CS)C(C)C)C(=O)O. The number of carbonyl (C=O) groups excluding carboxylic acids is 2. The van der Waals surface area contributed by atoms with E-state index < -0.39 is 30.0 Å². The Kier molecular flexibility index (Phi) is 11.0. The fraction of sp³-hybridized carbons (Fsp3) is 0.609. The number of carboxylic acids is 1. The average Bonchev–Trinajstić information content (AvgIpc) is 2.79. The molecule has 0 fully saturated rings. The zero-order chi connectivity index (χ0) is 24.5. The molecule has 184 valence electrons. The third-order valence-electron chi connectivity index (χ3n) is 5.83. The van der Waals surface area contributed by atoms with Crippen LogP contribution < -0.4 is 16.4 Å². The van der Waals surface area contributed by atoms with E-state index >= 15 is 0 Å². The van der Waals surface area contributed by atoms with Gasteiger partial charge >= 0.3 is 5.97 Å². The van der Waals surface area contributed by atoms with Crippen LogP contribution in [0.3, 0.4) is 0 Å². The Balaban J connectivity index is 2.30. The van der Waals surface area contributed by atoms with Gasteiger partial charge in [0.2, 0.25) is 11.8 Å². The van der Waals surface area contributed by atoms with Gasteiger partial charge in [0.25, 0.3) is 0 Å². The molecular formula is C23H36N4O4S2. The van der Waals surface area contributed by atoms with Crippen LogP contribution in [-0.4, -0.2) is 76.3 Å². The van der Waals surface area contributed by atoms with Crippen molar-refractivity contribution in [2.75, 3.05) is 24.3 Å². The van der Waals surface area contributed by atoms with Crippen molar-refractivity contribution < 1.29 is 19.5 Å². The second-order valence-corrected chi connectivity index (χ2v) is 10.1. The van der Waals surface area contributed by atoms with E-state index in [9.17, 15) is 19.5 Å². The first-order chi connectivity index (χ1) is 15.7. The van der Waals surface area contributed by atoms with Gasteiger partial charge in [-0.1, -0.05) is 38.1 Å². The number of nitrogens with zero attached hydrogens (tertiary/aromatic N) is 1. The molecule has 3 unspecified atom stereocenters. The van der Waals surface area contributed by atoms with Crippen LogP contribution in [0.5, 0.6) is 0 Å². The van der Waals surface area contributed by atoms with Gasteiger partial charge in [-0.2, -0.15) is 24.4 Å². The summed E-state index contributed by atoms with van der Waals surface area (Å²) >= 11 is 5.72. The summed E-state index contributed by atoms with van der Waals surface area (Å²) in [5.41, 5.74) is 7.95. The standard InChI is InChI=1S/C23H36N4O4S2/c1-14(2)20(25-11-17(24)13-32)22(29)27-12-16-7-5-4-6-15(16)10-19(27)21(28)26-18(23(30)31)8-9-33-3/h4-7,14,17-20,25,32H,8-13,24H2,1-3H3,(H,26,28)(H,30,31)/t17?,18?,19?,20-/m0/s1. The van der Waals surface area contributed by atoms with E-state index in [4.69, 9.17) is 5.73 Å². The van der Waals surface area contributed by atoms with Gasteiger partial charge in [-0.15, -0.1) is 0 Å². The molecule has 0 bridgehead atoms. The van der Waals surface area contributed by atoms with E-state index in [2.05, 4.69) is 23.3 Å². The van der Waals surface area contributed by atoms with Crippen molar-refractivity contribution in [2.45, 2.75) is 57.4 Å². The smallest absolute Gasteiger partial charge is 0.326 e. The third-order valence-corrected chi connectivity index (χ3v) is 6.94. The molecular weight excluding hydrogens is 460 g/mol. The van der Waals surface area contributed by atoms with Crippen LogP contribution in [-0.2, 0) is 27.3 Å². The minimum atomic E-state index is -1.08. The number of thiol groups is 1. The predicted octanol–water partition coefficient (Wildman–Crippen LogP) is 1.13. The summed E-state index contributed by atoms with van der Waals surface area (Å²) in [5, 5.41) is 15.5. The number of hydrogen-bond donors (Lipinski definition) is 5. The van der Waals surface area contributed by atoms with Crippen molar-refractivity contribution in [3.8, 4) is 0 Å². The molecule has 0 aliphatic carbocycles. The summed E-state index contributed by atoms with van der Waals surface area (Å²) in [7, 11) is 0. The van der Waals surface area contributed by atoms with Gasteiger partial charge in [0, 0.05) is 31.3 Å². The van der Waals surface area contributed by atoms with Crippen LogP contribution in [0, 0.1) is 5.92 Å². The first-order valence-corrected chi connectivity index (χ1v) is 13.2. The molecule has 0 saturated carbocycles. The number of carbonyl (C=O) groups is 3. The topological polar surface area (TPSA) is 125 Å². The Morgan fingerprint density at radius 1 is 1.27 bits per heavy atom. The van der Waals surface area contributed by atoms with Gasteiger partial charge < -0.3 is 26.4 Å². The molecule has 5 N–H and O–H groups in total. The van der Waals surface area contributed by atoms with Crippen LogP contribution >= 0.6 is 24.4 Å². The molecule has 2 rings (SSSR count). The van der Waals surface area contributed by atoms with Gasteiger partial charge in [-0.3, -0.25) is 9.59 Å². The molecule has 1 aromatic carbocycles. The molecule has 0 saturated heterocycles. The Morgan fingerprint density at radius 3 is 2.52 bits per heavy atom. The molecule has 0 aromatic heterocycles. The molecule has 4 atom stereocenters. The minimum absolute atomic E-state index is 0.0288. The lowest BCUT2D eigenvalue weighted by atomic mass is 9.91. The van der Waals surface area contributed by atoms with Gasteiger partial charge in [-0.25, -0.2) is 4.79 Å². The van der Waals surface area contributed by atoms with Crippen LogP contribution in [0.1, 0.15) is 31.4 Å². The number of nitrogens with one attached hydrogen (secondary N) is 2. The van der Waals surface area contributed by atoms with Crippen molar-refractivity contribution >= 4 is 42.2 Å². The zero-order valence-corrected chi connectivity index (χ0v) is 21.2. The number of rotatable bonds is 12. The monoisotopic (exact) mass is 496 g/mol. The van der Waals surface area contributed by atoms with E-state index in [1.807, 2.05) is 44.4 Å². The van der Waals surface area contributed by atoms with Crippen LogP contribution in [0.4, 0.5) is 0 Å². The number of carboxylic acid groups (broad SMARTS) is 1. The lowest BCUT2D eigenvalue weighted by molar-refractivity contribution is -0.146. The highest BCUT2D eigenvalue weighted by molar-refractivity contribution is 7.98. The summed E-state index contributed by atoms with van der Waals surface area (Å²) in [6.45, 7) is 4.60. The second kappa shape index (κ2) is 13.2. The van der Waals surface area contributed by atoms with E-state index in [1.54, 1.807) is 4.90 Å². The molecule has 1 aromatic rings. The Hall–Kier alpha value is -1.75. The predicted molar refractivity (Wildman–Crippen MR) is 136 cm³/mol. The van der Waals surface area contributed by atoms with Crippen molar-refractivity contribution in [3.63, 3.8) is 0 Å². The molecule has 8 nitrogen and oxygen atoms in total. The number of hydrogen-bond acceptors (Lipinski definition) is 7. The Bertz CT molecular complexity index is 823. The maximum Gasteiger partial charge on any atom is 0.326 e. The minimum Gasteiger partial charge on any atom is -0.480 e. The van der Waals surface area contributed by atoms with E-state index in [0.29, 0.717) is 37.4 Å². The van der Waals surface area contributed by atoms with E-state index in [0.717, 1.165) is 11.1 Å². The van der Waals surface area contributed by atoms with Gasteiger partial charge in [0.05, 0.1) is 6.04 Å². The van der Waals surface area contributed by atoms with Crippen LogP contribution in [0.2, 0.25) is 0 Å². The molecule has 1 aliphatic rings. The summed E-state index contributed by atoms with van der Waals surface area (Å²) < 4.78 is 0. The van der Waals surface area contributed by atoms with Gasteiger partial charge in [0.15, 0.2) is 0 Å². The highest BCUT2D eigenvalue weighted by Crippen LogP contribution is 2.25. The Morgan fingerprint density at radius 2 is 1.94 bits per heavy atom. The fourth-order valence-corrected chi connectivity index (χ4v) is 4.48. The molecule has 2 amide bonds. The summed E-state index contributed by atoms with van der Waals surface area (Å²) in [6, 6.07) is 5.22. The number of nitrogens with two attached hydrogens (primary N) is 1. The molecule has 0 radical (unpaired) electrons. The fourth-order valence-electron chi connectivity index (χ4n) is 3.88. The van der Waals surface area contributed by atoms with Gasteiger partial charge in [0.1, 0.15) is 12.1 Å². The number of thioether (sulfide) groups is 1. The lowest BCUT2D eigenvalue weighted by Crippen LogP contribution is -2.60. The first kappa shape index (κ1) is 27.5. The molecule has 10 heteroatoms. The third kappa shape index (κ3) is 7.63. The normalized spacial score (nSPS) is 18.4. The van der Waals surface area contributed by atoms with Crippen molar-refractivity contribution in [2.24, 2.45) is 11.7 Å². The number of fused-ring (bicyclic) bond motifs is 1. The molecule has 1 aliphatic heterocycles. The number of amides is 2. The van der Waals surface area contributed by atoms with Crippen molar-refractivity contribution in [3.05, 3.63) is 35.4 Å². The quantitative estimate of drug-likeness (QED) is 0.275. The Labute approximate surface area is 205 Å². The van der Waals surface area contributed by atoms with E-state index in [-0.39, 0.29) is 17.9 Å². The zero-order valence-electron chi connectivity index (χ0n) is 19.5. The molecule has 0 spiro atoms. The first-order valence-electron chi connectivity index (χ1n) is 11.2. The highest BCUT2D eigenvalue weighted by Gasteiger charge is 2.39. The van der Waals surface area contributed by atoms with Gasteiger partial charge in [-0.05, 0) is 35.5 Å². The van der Waals surface area contributed by atoms with Crippen LogP contribution in [0.15, 0.2) is 24.3 Å². The summed E-state index contributed by atoms with van der Waals surface area (Å²) in [4.78, 5) is 40.2.